The first-order valence-corrected chi connectivity index (χ1v) is 13.5. The molecular formula is C28H32N6O3S. The normalized spacial score (nSPS) is 13.5. The van der Waals surface area contributed by atoms with Gasteiger partial charge in [-0.1, -0.05) is 32.9 Å². The molecule has 5 rings (SSSR count). The fourth-order valence-electron chi connectivity index (χ4n) is 4.28. The number of hydrogen-bond acceptors (Lipinski definition) is 5. The highest BCUT2D eigenvalue weighted by molar-refractivity contribution is 7.17. The smallest absolute Gasteiger partial charge is 0.266 e. The monoisotopic (exact) mass is 532 g/mol. The zero-order chi connectivity index (χ0) is 27.0. The fourth-order valence-corrected chi connectivity index (χ4v) is 5.17. The Bertz CT molecular complexity index is 1490. The van der Waals surface area contributed by atoms with Crippen LogP contribution >= 0.6 is 11.3 Å². The van der Waals surface area contributed by atoms with E-state index in [1.165, 1.54) is 11.3 Å². The lowest BCUT2D eigenvalue weighted by Crippen LogP contribution is -2.29. The van der Waals surface area contributed by atoms with Crippen LogP contribution in [0.2, 0.25) is 0 Å². The van der Waals surface area contributed by atoms with Crippen LogP contribution in [0.1, 0.15) is 65.6 Å². The average molecular weight is 533 g/mol. The van der Waals surface area contributed by atoms with Gasteiger partial charge in [-0.2, -0.15) is 5.10 Å². The number of carbonyl (C=O) groups excluding carboxylic acids is 3. The van der Waals surface area contributed by atoms with Gasteiger partial charge in [0.1, 0.15) is 5.82 Å². The van der Waals surface area contributed by atoms with E-state index in [-0.39, 0.29) is 29.2 Å². The van der Waals surface area contributed by atoms with Crippen molar-refractivity contribution >= 4 is 45.8 Å². The second-order valence-corrected chi connectivity index (χ2v) is 12.2. The molecule has 198 valence electrons. The number of carbonyl (C=O) groups is 3. The Labute approximate surface area is 225 Å². The molecule has 38 heavy (non-hydrogen) atoms. The molecule has 4 N–H and O–H groups in total. The maximum Gasteiger partial charge on any atom is 0.266 e. The van der Waals surface area contributed by atoms with Gasteiger partial charge in [-0.3, -0.25) is 19.5 Å². The van der Waals surface area contributed by atoms with Crippen molar-refractivity contribution in [3.63, 3.8) is 0 Å². The number of benzene rings is 1. The Balaban J connectivity index is 1.41. The Kier molecular flexibility index (Phi) is 6.83. The number of rotatable bonds is 8. The summed E-state index contributed by atoms with van der Waals surface area (Å²) < 4.78 is 0. The maximum atomic E-state index is 13.2. The van der Waals surface area contributed by atoms with Crippen molar-refractivity contribution < 1.29 is 14.4 Å². The summed E-state index contributed by atoms with van der Waals surface area (Å²) in [5, 5.41) is 13.4. The minimum atomic E-state index is -0.301. The number of aromatic amines is 2. The van der Waals surface area contributed by atoms with Crippen LogP contribution in [0.25, 0.3) is 21.3 Å². The van der Waals surface area contributed by atoms with Crippen LogP contribution in [0.4, 0.5) is 5.82 Å². The van der Waals surface area contributed by atoms with Crippen LogP contribution < -0.4 is 10.6 Å². The third-order valence-corrected chi connectivity index (χ3v) is 7.51. The van der Waals surface area contributed by atoms with E-state index in [0.29, 0.717) is 29.2 Å². The highest BCUT2D eigenvalue weighted by atomic mass is 32.1. The summed E-state index contributed by atoms with van der Waals surface area (Å²) in [6.45, 7) is 6.58. The first kappa shape index (κ1) is 25.7. The van der Waals surface area contributed by atoms with E-state index in [0.717, 1.165) is 39.7 Å². The first-order valence-electron chi connectivity index (χ1n) is 12.7. The van der Waals surface area contributed by atoms with Crippen molar-refractivity contribution in [1.82, 2.24) is 25.4 Å². The van der Waals surface area contributed by atoms with Gasteiger partial charge in [0.15, 0.2) is 0 Å². The van der Waals surface area contributed by atoms with Crippen LogP contribution in [0.15, 0.2) is 42.7 Å². The third-order valence-electron chi connectivity index (χ3n) is 6.38. The van der Waals surface area contributed by atoms with Gasteiger partial charge >= 0.3 is 0 Å². The van der Waals surface area contributed by atoms with Crippen LogP contribution in [0.3, 0.4) is 0 Å². The highest BCUT2D eigenvalue weighted by Crippen LogP contribution is 2.32. The number of thiophene rings is 1. The fraction of sp³-hybridized carbons (Fsp3) is 0.357. The number of nitrogens with zero attached hydrogens (tertiary/aromatic N) is 2. The standard InChI is InChI=1S/C28H32N6O3S/c1-28(2,3)12-23(35)34(4)15-16-5-8-19-20(11-16)32-25(24(19)27(37)31-18-6-7-18)33-26(36)22-10-9-21(38-22)17-13-29-30-14-17/h5,8-11,13-14,18,32H,6-7,12,15H2,1-4H3,(H,29,30)(H,31,37)(H,33,36). The lowest BCUT2D eigenvalue weighted by atomic mass is 9.91. The molecule has 0 radical (unpaired) electrons. The van der Waals surface area contributed by atoms with Crippen molar-refractivity contribution in [2.75, 3.05) is 12.4 Å². The molecule has 1 fully saturated rings. The second kappa shape index (κ2) is 10.1. The summed E-state index contributed by atoms with van der Waals surface area (Å²) in [5.74, 6) is -0.0861. The molecule has 10 heteroatoms. The molecule has 1 aromatic carbocycles. The Morgan fingerprint density at radius 2 is 1.92 bits per heavy atom. The summed E-state index contributed by atoms with van der Waals surface area (Å²) in [6, 6.07) is 9.54. The quantitative estimate of drug-likeness (QED) is 0.250. The molecule has 1 saturated carbocycles. The molecule has 0 saturated heterocycles. The number of hydrogen-bond donors (Lipinski definition) is 4. The van der Waals surface area contributed by atoms with Gasteiger partial charge in [0.05, 0.1) is 16.6 Å². The molecule has 0 aliphatic heterocycles. The number of aromatic nitrogens is 3. The predicted molar refractivity (Wildman–Crippen MR) is 149 cm³/mol. The van der Waals surface area contributed by atoms with Crippen LogP contribution in [0.5, 0.6) is 0 Å². The van der Waals surface area contributed by atoms with Crippen LogP contribution in [0, 0.1) is 5.41 Å². The van der Waals surface area contributed by atoms with E-state index in [1.807, 2.05) is 45.0 Å². The van der Waals surface area contributed by atoms with E-state index in [4.69, 9.17) is 0 Å². The molecule has 0 bridgehead atoms. The van der Waals surface area contributed by atoms with E-state index in [2.05, 4.69) is 25.8 Å². The number of anilines is 1. The lowest BCUT2D eigenvalue weighted by Gasteiger charge is -2.23. The zero-order valence-electron chi connectivity index (χ0n) is 22.0. The third kappa shape index (κ3) is 5.80. The topological polar surface area (TPSA) is 123 Å². The summed E-state index contributed by atoms with van der Waals surface area (Å²) in [5.41, 5.74) is 2.88. The summed E-state index contributed by atoms with van der Waals surface area (Å²) in [4.78, 5) is 45.4. The predicted octanol–water partition coefficient (Wildman–Crippen LogP) is 5.16. The van der Waals surface area contributed by atoms with Crippen molar-refractivity contribution in [3.05, 3.63) is 58.7 Å². The van der Waals surface area contributed by atoms with Crippen LogP contribution in [-0.2, 0) is 11.3 Å². The summed E-state index contributed by atoms with van der Waals surface area (Å²) >= 11 is 1.35. The Hall–Kier alpha value is -3.92. The molecule has 1 aliphatic rings. The van der Waals surface area contributed by atoms with Gasteiger partial charge < -0.3 is 20.5 Å². The Morgan fingerprint density at radius 1 is 1.13 bits per heavy atom. The molecule has 3 amide bonds. The lowest BCUT2D eigenvalue weighted by molar-refractivity contribution is -0.132. The summed E-state index contributed by atoms with van der Waals surface area (Å²) in [7, 11) is 1.80. The van der Waals surface area contributed by atoms with Gasteiger partial charge in [0, 0.05) is 53.6 Å². The SMILES string of the molecule is CN(Cc1ccc2c(C(=O)NC3CC3)c(NC(=O)c3ccc(-c4cn[nH]c4)s3)[nH]c2c1)C(=O)CC(C)(C)C. The van der Waals surface area contributed by atoms with Crippen molar-refractivity contribution in [1.29, 1.82) is 0 Å². The molecule has 3 aromatic heterocycles. The van der Waals surface area contributed by atoms with Gasteiger partial charge in [0.2, 0.25) is 5.91 Å². The molecule has 3 heterocycles. The number of nitrogens with one attached hydrogen (secondary N) is 4. The molecule has 0 atom stereocenters. The van der Waals surface area contributed by atoms with Gasteiger partial charge in [-0.15, -0.1) is 11.3 Å². The zero-order valence-corrected chi connectivity index (χ0v) is 22.8. The largest absolute Gasteiger partial charge is 0.349 e. The van der Waals surface area contributed by atoms with Gasteiger partial charge in [-0.05, 0) is 42.0 Å². The second-order valence-electron chi connectivity index (χ2n) is 11.1. The van der Waals surface area contributed by atoms with Crippen molar-refractivity contribution in [3.8, 4) is 10.4 Å². The average Bonchev–Trinajstić information content (AvgIpc) is 3.25. The maximum absolute atomic E-state index is 13.2. The number of amides is 3. The minimum absolute atomic E-state index is 0.0762. The Morgan fingerprint density at radius 3 is 2.61 bits per heavy atom. The van der Waals surface area contributed by atoms with Crippen LogP contribution in [-0.4, -0.2) is 50.9 Å². The highest BCUT2D eigenvalue weighted by Gasteiger charge is 2.28. The van der Waals surface area contributed by atoms with E-state index in [1.54, 1.807) is 30.4 Å². The van der Waals surface area contributed by atoms with Gasteiger partial charge in [0.25, 0.3) is 11.8 Å². The first-order chi connectivity index (χ1) is 18.1. The number of fused-ring (bicyclic) bond motifs is 1. The van der Waals surface area contributed by atoms with Crippen molar-refractivity contribution in [2.45, 2.75) is 52.6 Å². The molecule has 9 nitrogen and oxygen atoms in total. The summed E-state index contributed by atoms with van der Waals surface area (Å²) in [6.07, 6.45) is 5.86. The molecular weight excluding hydrogens is 500 g/mol. The van der Waals surface area contributed by atoms with E-state index >= 15 is 0 Å². The van der Waals surface area contributed by atoms with Crippen molar-refractivity contribution in [2.24, 2.45) is 5.41 Å². The van der Waals surface area contributed by atoms with Gasteiger partial charge in [-0.25, -0.2) is 0 Å². The number of H-pyrrole nitrogens is 2. The molecule has 0 spiro atoms. The van der Waals surface area contributed by atoms with E-state index in [9.17, 15) is 14.4 Å². The molecule has 1 aliphatic carbocycles. The molecule has 4 aromatic rings. The molecule has 0 unspecified atom stereocenters. The minimum Gasteiger partial charge on any atom is -0.349 e. The van der Waals surface area contributed by atoms with E-state index < -0.39 is 0 Å².